The summed E-state index contributed by atoms with van der Waals surface area (Å²) in [5, 5.41) is 1.17. The summed E-state index contributed by atoms with van der Waals surface area (Å²) < 4.78 is 1.19. The maximum absolute atomic E-state index is 11.9. The van der Waals surface area contributed by atoms with E-state index in [4.69, 9.17) is 0 Å². The molecule has 0 saturated carbocycles. The number of hydrogen-bond acceptors (Lipinski definition) is 3. The molecular weight excluding hydrogens is 254 g/mol. The number of carbonyl (C=O) groups is 1. The molecule has 0 radical (unpaired) electrons. The minimum absolute atomic E-state index is 0. The second kappa shape index (κ2) is 6.15. The zero-order chi connectivity index (χ0) is 11.5. The first-order valence-electron chi connectivity index (χ1n) is 5.33. The number of benzene rings is 1. The molecule has 1 heterocycles. The van der Waals surface area contributed by atoms with E-state index in [1.54, 1.807) is 11.3 Å². The zero-order valence-corrected chi connectivity index (χ0v) is 11.6. The highest BCUT2D eigenvalue weighted by atomic mass is 35.5. The summed E-state index contributed by atoms with van der Waals surface area (Å²) in [4.78, 5) is 14.8. The Morgan fingerprint density at radius 1 is 1.29 bits per heavy atom. The number of hydrogen-bond donors (Lipinski definition) is 0. The zero-order valence-electron chi connectivity index (χ0n) is 9.97. The standard InChI is InChI=1S/C13H15NOS.ClH/c1-14(2)8-7-11(15)13-9-10-5-3-4-6-12(10)16-13;/h3-6,9H,7-8H2,1-2H3;1H. The van der Waals surface area contributed by atoms with Gasteiger partial charge in [0.1, 0.15) is 0 Å². The van der Waals surface area contributed by atoms with Crippen LogP contribution < -0.4 is 0 Å². The number of nitrogens with zero attached hydrogens (tertiary/aromatic N) is 1. The first-order valence-corrected chi connectivity index (χ1v) is 6.15. The van der Waals surface area contributed by atoms with Crippen LogP contribution >= 0.6 is 23.7 Å². The van der Waals surface area contributed by atoms with Gasteiger partial charge in [0, 0.05) is 17.7 Å². The lowest BCUT2D eigenvalue weighted by Crippen LogP contribution is -2.16. The molecule has 2 rings (SSSR count). The Labute approximate surface area is 112 Å². The van der Waals surface area contributed by atoms with Gasteiger partial charge in [0.2, 0.25) is 0 Å². The highest BCUT2D eigenvalue weighted by Gasteiger charge is 2.09. The lowest BCUT2D eigenvalue weighted by molar-refractivity contribution is 0.0976. The SMILES string of the molecule is CN(C)CCC(=O)c1cc2ccccc2s1.Cl. The summed E-state index contributed by atoms with van der Waals surface area (Å²) in [6, 6.07) is 10.1. The van der Waals surface area contributed by atoms with E-state index in [2.05, 4.69) is 12.1 Å². The van der Waals surface area contributed by atoms with Gasteiger partial charge in [0.15, 0.2) is 5.78 Å². The van der Waals surface area contributed by atoms with Crippen molar-refractivity contribution < 1.29 is 4.79 Å². The van der Waals surface area contributed by atoms with Gasteiger partial charge < -0.3 is 4.90 Å². The van der Waals surface area contributed by atoms with Gasteiger partial charge >= 0.3 is 0 Å². The van der Waals surface area contributed by atoms with Crippen molar-refractivity contribution in [3.8, 4) is 0 Å². The van der Waals surface area contributed by atoms with E-state index in [0.717, 1.165) is 11.4 Å². The van der Waals surface area contributed by atoms with E-state index < -0.39 is 0 Å². The fourth-order valence-electron chi connectivity index (χ4n) is 1.57. The van der Waals surface area contributed by atoms with Crippen molar-refractivity contribution in [1.82, 2.24) is 4.90 Å². The predicted molar refractivity (Wildman–Crippen MR) is 76.6 cm³/mol. The maximum atomic E-state index is 11.9. The summed E-state index contributed by atoms with van der Waals surface area (Å²) in [7, 11) is 3.97. The van der Waals surface area contributed by atoms with Crippen molar-refractivity contribution in [3.63, 3.8) is 0 Å². The summed E-state index contributed by atoms with van der Waals surface area (Å²) in [5.41, 5.74) is 0. The van der Waals surface area contributed by atoms with E-state index in [-0.39, 0.29) is 18.2 Å². The first kappa shape index (κ1) is 14.2. The van der Waals surface area contributed by atoms with Crippen LogP contribution in [-0.4, -0.2) is 31.3 Å². The molecule has 0 unspecified atom stereocenters. The Morgan fingerprint density at radius 2 is 2.00 bits per heavy atom. The van der Waals surface area contributed by atoms with Gasteiger partial charge in [-0.3, -0.25) is 4.79 Å². The minimum atomic E-state index is 0. The number of thiophene rings is 1. The molecule has 1 aromatic heterocycles. The average molecular weight is 270 g/mol. The fraction of sp³-hybridized carbons (Fsp3) is 0.308. The van der Waals surface area contributed by atoms with Crippen molar-refractivity contribution in [1.29, 1.82) is 0 Å². The van der Waals surface area contributed by atoms with Crippen LogP contribution in [-0.2, 0) is 0 Å². The Bertz CT molecular complexity index is 474. The van der Waals surface area contributed by atoms with Crippen LogP contribution in [0.4, 0.5) is 0 Å². The molecule has 0 bridgehead atoms. The highest BCUT2D eigenvalue weighted by Crippen LogP contribution is 2.26. The first-order chi connectivity index (χ1) is 7.66. The molecule has 0 aliphatic rings. The van der Waals surface area contributed by atoms with Crippen molar-refractivity contribution in [2.24, 2.45) is 0 Å². The smallest absolute Gasteiger partial charge is 0.174 e. The summed E-state index contributed by atoms with van der Waals surface area (Å²) in [5.74, 6) is 0.245. The van der Waals surface area contributed by atoms with E-state index >= 15 is 0 Å². The van der Waals surface area contributed by atoms with Crippen LogP contribution in [0.2, 0.25) is 0 Å². The number of Topliss-reactive ketones (excluding diaryl/α,β-unsaturated/α-hetero) is 1. The monoisotopic (exact) mass is 269 g/mol. The van der Waals surface area contributed by atoms with Gasteiger partial charge in [-0.15, -0.1) is 23.7 Å². The molecular formula is C13H16ClNOS. The molecule has 1 aromatic carbocycles. The largest absolute Gasteiger partial charge is 0.309 e. The average Bonchev–Trinajstić information content (AvgIpc) is 2.69. The second-order valence-electron chi connectivity index (χ2n) is 4.12. The molecule has 0 amide bonds. The van der Waals surface area contributed by atoms with Crippen molar-refractivity contribution in [2.45, 2.75) is 6.42 Å². The molecule has 2 nitrogen and oxygen atoms in total. The quantitative estimate of drug-likeness (QED) is 0.793. The third-order valence-electron chi connectivity index (χ3n) is 2.49. The Balaban J connectivity index is 0.00000144. The Hall–Kier alpha value is -0.900. The van der Waals surface area contributed by atoms with Crippen molar-refractivity contribution in [2.75, 3.05) is 20.6 Å². The second-order valence-corrected chi connectivity index (χ2v) is 5.21. The summed E-state index contributed by atoms with van der Waals surface area (Å²) in [6.45, 7) is 0.813. The molecule has 2 aromatic rings. The molecule has 0 atom stereocenters. The lowest BCUT2D eigenvalue weighted by Gasteiger charge is -2.06. The molecule has 0 saturated heterocycles. The fourth-order valence-corrected chi connectivity index (χ4v) is 2.60. The van der Waals surface area contributed by atoms with Crippen molar-refractivity contribution in [3.05, 3.63) is 35.2 Å². The number of halogens is 1. The van der Waals surface area contributed by atoms with Gasteiger partial charge in [-0.1, -0.05) is 18.2 Å². The van der Waals surface area contributed by atoms with E-state index in [1.165, 1.54) is 10.1 Å². The molecule has 17 heavy (non-hydrogen) atoms. The predicted octanol–water partition coefficient (Wildman–Crippen LogP) is 3.46. The number of fused-ring (bicyclic) bond motifs is 1. The number of ketones is 1. The van der Waals surface area contributed by atoms with Crippen LogP contribution in [0.3, 0.4) is 0 Å². The van der Waals surface area contributed by atoms with E-state index in [1.807, 2.05) is 37.2 Å². The van der Waals surface area contributed by atoms with E-state index in [0.29, 0.717) is 6.42 Å². The molecule has 92 valence electrons. The molecule has 0 aliphatic carbocycles. The number of carbonyl (C=O) groups excluding carboxylic acids is 1. The molecule has 4 heteroatoms. The summed E-state index contributed by atoms with van der Waals surface area (Å²) >= 11 is 1.59. The van der Waals surface area contributed by atoms with Crippen LogP contribution in [0, 0.1) is 0 Å². The normalized spacial score (nSPS) is 10.5. The molecule has 0 fully saturated rings. The van der Waals surface area contributed by atoms with Gasteiger partial charge in [-0.2, -0.15) is 0 Å². The van der Waals surface area contributed by atoms with Crippen LogP contribution in [0.1, 0.15) is 16.1 Å². The Kier molecular flexibility index (Phi) is 5.12. The van der Waals surface area contributed by atoms with Gasteiger partial charge in [0.05, 0.1) is 4.88 Å². The van der Waals surface area contributed by atoms with E-state index in [9.17, 15) is 4.79 Å². The van der Waals surface area contributed by atoms with Gasteiger partial charge in [-0.25, -0.2) is 0 Å². The third-order valence-corrected chi connectivity index (χ3v) is 3.64. The third kappa shape index (κ3) is 3.53. The van der Waals surface area contributed by atoms with Crippen LogP contribution in [0.25, 0.3) is 10.1 Å². The molecule has 0 N–H and O–H groups in total. The van der Waals surface area contributed by atoms with Gasteiger partial charge in [-0.05, 0) is 31.6 Å². The highest BCUT2D eigenvalue weighted by molar-refractivity contribution is 7.20. The van der Waals surface area contributed by atoms with Crippen LogP contribution in [0.5, 0.6) is 0 Å². The van der Waals surface area contributed by atoms with Gasteiger partial charge in [0.25, 0.3) is 0 Å². The van der Waals surface area contributed by atoms with Crippen LogP contribution in [0.15, 0.2) is 30.3 Å². The summed E-state index contributed by atoms with van der Waals surface area (Å²) in [6.07, 6.45) is 0.597. The topological polar surface area (TPSA) is 20.3 Å². The maximum Gasteiger partial charge on any atom is 0.174 e. The lowest BCUT2D eigenvalue weighted by atomic mass is 10.2. The van der Waals surface area contributed by atoms with Crippen molar-refractivity contribution >= 4 is 39.6 Å². The Morgan fingerprint density at radius 3 is 2.65 bits per heavy atom. The minimum Gasteiger partial charge on any atom is -0.309 e. The molecule has 0 spiro atoms. The molecule has 0 aliphatic heterocycles. The number of rotatable bonds is 4.